The van der Waals surface area contributed by atoms with Gasteiger partial charge in [0.15, 0.2) is 0 Å². The summed E-state index contributed by atoms with van der Waals surface area (Å²) < 4.78 is 10.6. The van der Waals surface area contributed by atoms with E-state index < -0.39 is 24.2 Å². The van der Waals surface area contributed by atoms with E-state index in [4.69, 9.17) is 9.47 Å². The van der Waals surface area contributed by atoms with Crippen molar-refractivity contribution in [1.29, 1.82) is 0 Å². The highest BCUT2D eigenvalue weighted by Gasteiger charge is 2.40. The predicted octanol–water partition coefficient (Wildman–Crippen LogP) is 2.50. The number of hydrogen-bond acceptors (Lipinski definition) is 5. The fraction of sp³-hybridized carbons (Fsp3) is 0.300. The summed E-state index contributed by atoms with van der Waals surface area (Å²) in [7, 11) is 0. The Bertz CT molecular complexity index is 671. The number of benzene rings is 2. The molecule has 1 fully saturated rings. The van der Waals surface area contributed by atoms with Crippen LogP contribution in [0.5, 0.6) is 0 Å². The maximum absolute atomic E-state index is 12.4. The quantitative estimate of drug-likeness (QED) is 0.834. The van der Waals surface area contributed by atoms with E-state index in [9.17, 15) is 14.7 Å². The first kappa shape index (κ1) is 17.9. The van der Waals surface area contributed by atoms with Crippen molar-refractivity contribution in [2.45, 2.75) is 31.8 Å². The van der Waals surface area contributed by atoms with Crippen molar-refractivity contribution in [3.8, 4) is 0 Å². The molecule has 0 aromatic heterocycles. The van der Waals surface area contributed by atoms with Crippen LogP contribution in [-0.4, -0.2) is 40.8 Å². The number of amides is 1. The third-order valence-corrected chi connectivity index (χ3v) is 4.21. The molecule has 26 heavy (non-hydrogen) atoms. The van der Waals surface area contributed by atoms with Gasteiger partial charge in [0.1, 0.15) is 19.3 Å². The lowest BCUT2D eigenvalue weighted by Gasteiger charge is -2.22. The number of ether oxygens (including phenoxy) is 2. The van der Waals surface area contributed by atoms with Gasteiger partial charge in [-0.1, -0.05) is 60.7 Å². The van der Waals surface area contributed by atoms with Crippen LogP contribution in [0.4, 0.5) is 4.79 Å². The molecule has 1 heterocycles. The lowest BCUT2D eigenvalue weighted by Crippen LogP contribution is -2.41. The Labute approximate surface area is 152 Å². The van der Waals surface area contributed by atoms with Crippen LogP contribution in [0.25, 0.3) is 0 Å². The number of nitrogens with zero attached hydrogens (tertiary/aromatic N) is 1. The maximum atomic E-state index is 12.4. The van der Waals surface area contributed by atoms with Crippen molar-refractivity contribution < 1.29 is 24.2 Å². The summed E-state index contributed by atoms with van der Waals surface area (Å²) in [5, 5.41) is 9.88. The van der Waals surface area contributed by atoms with Crippen molar-refractivity contribution in [1.82, 2.24) is 4.90 Å². The normalized spacial score (nSPS) is 19.2. The molecule has 1 saturated heterocycles. The molecule has 6 nitrogen and oxygen atoms in total. The fourth-order valence-electron chi connectivity index (χ4n) is 2.87. The predicted molar refractivity (Wildman–Crippen MR) is 94.0 cm³/mol. The molecule has 6 heteroatoms. The van der Waals surface area contributed by atoms with Gasteiger partial charge in [-0.05, 0) is 11.1 Å². The third-order valence-electron chi connectivity index (χ3n) is 4.21. The zero-order valence-corrected chi connectivity index (χ0v) is 14.3. The second-order valence-corrected chi connectivity index (χ2v) is 6.19. The van der Waals surface area contributed by atoms with E-state index in [-0.39, 0.29) is 26.2 Å². The summed E-state index contributed by atoms with van der Waals surface area (Å²) in [5.74, 6) is -0.540. The number of carbonyl (C=O) groups excluding carboxylic acids is 2. The number of aliphatic hydroxyl groups excluding tert-OH is 1. The average Bonchev–Trinajstić information content (AvgIpc) is 3.08. The first-order valence-electron chi connectivity index (χ1n) is 8.49. The number of β-amino-alcohol motifs (C(OH)–C–C–N with tert-alkyl or cyclic N) is 1. The molecule has 0 aliphatic carbocycles. The minimum absolute atomic E-state index is 0.0543. The van der Waals surface area contributed by atoms with Gasteiger partial charge in [-0.2, -0.15) is 0 Å². The van der Waals surface area contributed by atoms with Crippen molar-refractivity contribution >= 4 is 12.1 Å². The summed E-state index contributed by atoms with van der Waals surface area (Å²) >= 11 is 0. The average molecular weight is 355 g/mol. The van der Waals surface area contributed by atoms with Crippen molar-refractivity contribution in [2.75, 3.05) is 6.54 Å². The number of carbonyl (C=O) groups is 2. The molecule has 1 aliphatic heterocycles. The van der Waals surface area contributed by atoms with Crippen molar-refractivity contribution in [3.63, 3.8) is 0 Å². The van der Waals surface area contributed by atoms with E-state index in [1.807, 2.05) is 60.7 Å². The first-order chi connectivity index (χ1) is 12.6. The van der Waals surface area contributed by atoms with Gasteiger partial charge in [0.05, 0.1) is 12.6 Å². The molecule has 2 atom stereocenters. The topological polar surface area (TPSA) is 76.1 Å². The number of rotatable bonds is 5. The minimum Gasteiger partial charge on any atom is -0.459 e. The molecule has 1 amide bonds. The highest BCUT2D eigenvalue weighted by atomic mass is 16.6. The van der Waals surface area contributed by atoms with Crippen LogP contribution in [0, 0.1) is 0 Å². The second kappa shape index (κ2) is 8.49. The van der Waals surface area contributed by atoms with Gasteiger partial charge >= 0.3 is 12.1 Å². The number of likely N-dealkylation sites (tertiary alicyclic amines) is 1. The fourth-order valence-corrected chi connectivity index (χ4v) is 2.87. The lowest BCUT2D eigenvalue weighted by molar-refractivity contribution is -0.149. The standard InChI is InChI=1S/C20H21NO5/c22-17-11-18(19(23)25-13-15-7-3-1-4-8-15)21(12-17)20(24)26-14-16-9-5-2-6-10-16/h1-10,17-18,22H,11-14H2/t17-,18-/m1/s1. The zero-order valence-electron chi connectivity index (χ0n) is 14.3. The number of esters is 1. The SMILES string of the molecule is O=C(OCc1ccccc1)[C@H]1C[C@@H](O)CN1C(=O)OCc1ccccc1. The van der Waals surface area contributed by atoms with Crippen LogP contribution < -0.4 is 0 Å². The van der Waals surface area contributed by atoms with Crippen LogP contribution in [-0.2, 0) is 27.5 Å². The van der Waals surface area contributed by atoms with Gasteiger partial charge < -0.3 is 14.6 Å². The van der Waals surface area contributed by atoms with Gasteiger partial charge in [0.2, 0.25) is 0 Å². The van der Waals surface area contributed by atoms with Crippen LogP contribution in [0.3, 0.4) is 0 Å². The number of hydrogen-bond donors (Lipinski definition) is 1. The summed E-state index contributed by atoms with van der Waals surface area (Å²) in [6, 6.07) is 17.7. The third kappa shape index (κ3) is 4.61. The summed E-state index contributed by atoms with van der Waals surface area (Å²) in [6.45, 7) is 0.288. The summed E-state index contributed by atoms with van der Waals surface area (Å²) in [6.07, 6.45) is -1.26. The molecule has 2 aromatic carbocycles. The highest BCUT2D eigenvalue weighted by molar-refractivity contribution is 5.82. The molecular weight excluding hydrogens is 334 g/mol. The molecule has 0 unspecified atom stereocenters. The number of aliphatic hydroxyl groups is 1. The van der Waals surface area contributed by atoms with Crippen LogP contribution >= 0.6 is 0 Å². The van der Waals surface area contributed by atoms with Crippen LogP contribution in [0.1, 0.15) is 17.5 Å². The molecule has 0 saturated carbocycles. The molecule has 0 bridgehead atoms. The van der Waals surface area contributed by atoms with Gasteiger partial charge in [0, 0.05) is 6.42 Å². The van der Waals surface area contributed by atoms with Gasteiger partial charge in [-0.3, -0.25) is 4.90 Å². The molecule has 0 spiro atoms. The van der Waals surface area contributed by atoms with Crippen molar-refractivity contribution in [2.24, 2.45) is 0 Å². The van der Waals surface area contributed by atoms with Gasteiger partial charge in [0.25, 0.3) is 0 Å². The van der Waals surface area contributed by atoms with Crippen molar-refractivity contribution in [3.05, 3.63) is 71.8 Å². The molecule has 1 N–H and O–H groups in total. The molecule has 2 aromatic rings. The van der Waals surface area contributed by atoms with E-state index in [1.54, 1.807) is 0 Å². The Morgan fingerprint density at radius 3 is 2.04 bits per heavy atom. The van der Waals surface area contributed by atoms with Gasteiger partial charge in [-0.25, -0.2) is 9.59 Å². The highest BCUT2D eigenvalue weighted by Crippen LogP contribution is 2.21. The van der Waals surface area contributed by atoms with E-state index in [0.717, 1.165) is 11.1 Å². The molecular formula is C20H21NO5. The monoisotopic (exact) mass is 355 g/mol. The lowest BCUT2D eigenvalue weighted by atomic mass is 10.2. The minimum atomic E-state index is -0.836. The molecule has 1 aliphatic rings. The Balaban J connectivity index is 1.56. The second-order valence-electron chi connectivity index (χ2n) is 6.19. The van der Waals surface area contributed by atoms with Crippen LogP contribution in [0.2, 0.25) is 0 Å². The Hall–Kier alpha value is -2.86. The Morgan fingerprint density at radius 1 is 0.923 bits per heavy atom. The zero-order chi connectivity index (χ0) is 18.4. The van der Waals surface area contributed by atoms with Gasteiger partial charge in [-0.15, -0.1) is 0 Å². The smallest absolute Gasteiger partial charge is 0.410 e. The molecule has 136 valence electrons. The Kier molecular flexibility index (Phi) is 5.86. The maximum Gasteiger partial charge on any atom is 0.410 e. The summed E-state index contributed by atoms with van der Waals surface area (Å²) in [5.41, 5.74) is 1.71. The van der Waals surface area contributed by atoms with E-state index in [1.165, 1.54) is 4.90 Å². The molecule has 3 rings (SSSR count). The summed E-state index contributed by atoms with van der Waals surface area (Å²) in [4.78, 5) is 25.9. The van der Waals surface area contributed by atoms with E-state index in [2.05, 4.69) is 0 Å². The van der Waals surface area contributed by atoms with Crippen LogP contribution in [0.15, 0.2) is 60.7 Å². The van der Waals surface area contributed by atoms with E-state index in [0.29, 0.717) is 0 Å². The molecule has 0 radical (unpaired) electrons. The first-order valence-corrected chi connectivity index (χ1v) is 8.49. The van der Waals surface area contributed by atoms with E-state index >= 15 is 0 Å². The largest absolute Gasteiger partial charge is 0.459 e. The Morgan fingerprint density at radius 2 is 1.46 bits per heavy atom.